The van der Waals surface area contributed by atoms with Crippen LogP contribution in [0, 0.1) is 6.92 Å². The average Bonchev–Trinajstić information content (AvgIpc) is 3.15. The van der Waals surface area contributed by atoms with Gasteiger partial charge in [-0.1, -0.05) is 35.5 Å². The molecule has 1 aliphatic rings. The Morgan fingerprint density at radius 2 is 1.93 bits per heavy atom. The second-order valence-electron chi connectivity index (χ2n) is 7.36. The van der Waals surface area contributed by atoms with Crippen molar-refractivity contribution in [1.82, 2.24) is 30.0 Å². The van der Waals surface area contributed by atoms with Crippen molar-refractivity contribution in [1.29, 1.82) is 0 Å². The molecule has 1 N–H and O–H groups in total. The second-order valence-corrected chi connectivity index (χ2v) is 7.36. The molecular weight excluding hydrogens is 380 g/mol. The average molecular weight is 400 g/mol. The topological polar surface area (TPSA) is 101 Å². The Labute approximate surface area is 172 Å². The number of aryl methyl sites for hydroxylation is 1. The first-order chi connectivity index (χ1) is 14.7. The number of aromatic amines is 1. The fourth-order valence-corrected chi connectivity index (χ4v) is 3.80. The Morgan fingerprint density at radius 1 is 1.13 bits per heavy atom. The van der Waals surface area contributed by atoms with Crippen molar-refractivity contribution in [2.24, 2.45) is 0 Å². The summed E-state index contributed by atoms with van der Waals surface area (Å²) in [6.45, 7) is 3.91. The van der Waals surface area contributed by atoms with Crippen LogP contribution in [0.25, 0.3) is 22.6 Å². The van der Waals surface area contributed by atoms with Crippen LogP contribution in [-0.4, -0.2) is 36.5 Å². The predicted molar refractivity (Wildman–Crippen MR) is 110 cm³/mol. The van der Waals surface area contributed by atoms with Gasteiger partial charge in [0.2, 0.25) is 0 Å². The van der Waals surface area contributed by atoms with E-state index in [9.17, 15) is 4.79 Å². The van der Waals surface area contributed by atoms with Crippen molar-refractivity contribution in [3.63, 3.8) is 0 Å². The van der Waals surface area contributed by atoms with E-state index in [1.807, 2.05) is 37.3 Å². The van der Waals surface area contributed by atoms with Crippen LogP contribution in [0.3, 0.4) is 0 Å². The van der Waals surface area contributed by atoms with E-state index >= 15 is 0 Å². The zero-order chi connectivity index (χ0) is 20.5. The lowest BCUT2D eigenvalue weighted by atomic mass is 10.0. The van der Waals surface area contributed by atoms with Crippen molar-refractivity contribution in [3.8, 4) is 22.6 Å². The van der Waals surface area contributed by atoms with E-state index in [1.165, 1.54) is 6.33 Å². The number of rotatable bonds is 4. The Balaban J connectivity index is 1.41. The predicted octanol–water partition coefficient (Wildman–Crippen LogP) is 2.75. The standard InChI is InChI=1S/C22H20N6O2/c1-14-17(20(27-30-14)15-5-3-2-4-6-15)11-28-8-7-19-18(12-28)22(29)26-21(25-19)16-9-23-13-24-10-16/h2-6,9-10,13H,7-8,11-12H2,1H3,(H,25,26,29). The van der Waals surface area contributed by atoms with Crippen molar-refractivity contribution in [3.05, 3.63) is 82.0 Å². The molecule has 0 radical (unpaired) electrons. The van der Waals surface area contributed by atoms with E-state index < -0.39 is 0 Å². The molecule has 0 spiro atoms. The van der Waals surface area contributed by atoms with Gasteiger partial charge in [0.25, 0.3) is 5.56 Å². The van der Waals surface area contributed by atoms with Gasteiger partial charge >= 0.3 is 0 Å². The third-order valence-corrected chi connectivity index (χ3v) is 5.40. The molecular formula is C22H20N6O2. The van der Waals surface area contributed by atoms with Gasteiger partial charge in [0.1, 0.15) is 23.6 Å². The highest BCUT2D eigenvalue weighted by molar-refractivity contribution is 5.63. The lowest BCUT2D eigenvalue weighted by molar-refractivity contribution is 0.240. The molecule has 5 rings (SSSR count). The van der Waals surface area contributed by atoms with Crippen molar-refractivity contribution >= 4 is 0 Å². The van der Waals surface area contributed by atoms with E-state index in [0.717, 1.165) is 34.8 Å². The molecule has 1 aromatic carbocycles. The quantitative estimate of drug-likeness (QED) is 0.562. The normalized spacial score (nSPS) is 13.9. The summed E-state index contributed by atoms with van der Waals surface area (Å²) in [7, 11) is 0. The number of aromatic nitrogens is 5. The van der Waals surface area contributed by atoms with Crippen LogP contribution < -0.4 is 5.56 Å². The van der Waals surface area contributed by atoms with E-state index in [2.05, 4.69) is 30.0 Å². The molecule has 0 saturated carbocycles. The van der Waals surface area contributed by atoms with Gasteiger partial charge in [0.15, 0.2) is 0 Å². The Kier molecular flexibility index (Phi) is 4.68. The summed E-state index contributed by atoms with van der Waals surface area (Å²) in [5, 5.41) is 4.26. The van der Waals surface area contributed by atoms with Gasteiger partial charge in [-0.05, 0) is 6.92 Å². The number of hydrogen-bond donors (Lipinski definition) is 1. The van der Waals surface area contributed by atoms with Gasteiger partial charge in [0.05, 0.1) is 16.8 Å². The molecule has 0 bridgehead atoms. The van der Waals surface area contributed by atoms with Crippen molar-refractivity contribution in [2.45, 2.75) is 26.4 Å². The van der Waals surface area contributed by atoms with E-state index in [4.69, 9.17) is 4.52 Å². The number of nitrogens with one attached hydrogen (secondary N) is 1. The van der Waals surface area contributed by atoms with Crippen LogP contribution in [0.5, 0.6) is 0 Å². The first-order valence-electron chi connectivity index (χ1n) is 9.79. The summed E-state index contributed by atoms with van der Waals surface area (Å²) >= 11 is 0. The summed E-state index contributed by atoms with van der Waals surface area (Å²) in [6, 6.07) is 10.00. The minimum Gasteiger partial charge on any atom is -0.361 e. The summed E-state index contributed by atoms with van der Waals surface area (Å²) in [4.78, 5) is 30.5. The maximum Gasteiger partial charge on any atom is 0.255 e. The van der Waals surface area contributed by atoms with Gasteiger partial charge in [-0.25, -0.2) is 15.0 Å². The molecule has 0 atom stereocenters. The van der Waals surface area contributed by atoms with E-state index in [1.54, 1.807) is 12.4 Å². The van der Waals surface area contributed by atoms with Crippen LogP contribution in [0.2, 0.25) is 0 Å². The summed E-state index contributed by atoms with van der Waals surface area (Å²) < 4.78 is 5.48. The second kappa shape index (κ2) is 7.64. The van der Waals surface area contributed by atoms with E-state index in [-0.39, 0.29) is 5.56 Å². The van der Waals surface area contributed by atoms with Crippen molar-refractivity contribution < 1.29 is 4.52 Å². The molecule has 4 aromatic rings. The zero-order valence-corrected chi connectivity index (χ0v) is 16.5. The molecule has 0 unspecified atom stereocenters. The first kappa shape index (κ1) is 18.4. The molecule has 30 heavy (non-hydrogen) atoms. The van der Waals surface area contributed by atoms with Crippen LogP contribution in [0.4, 0.5) is 0 Å². The third kappa shape index (κ3) is 3.42. The Hall–Kier alpha value is -3.65. The minimum absolute atomic E-state index is 0.117. The van der Waals surface area contributed by atoms with Gasteiger partial charge in [-0.3, -0.25) is 9.69 Å². The molecule has 0 saturated heterocycles. The molecule has 3 aromatic heterocycles. The lowest BCUT2D eigenvalue weighted by Crippen LogP contribution is -2.35. The number of benzene rings is 1. The molecule has 1 aliphatic heterocycles. The summed E-state index contributed by atoms with van der Waals surface area (Å²) in [5.41, 5.74) is 5.05. The zero-order valence-electron chi connectivity index (χ0n) is 16.5. The lowest BCUT2D eigenvalue weighted by Gasteiger charge is -2.27. The molecule has 8 nitrogen and oxygen atoms in total. The summed E-state index contributed by atoms with van der Waals surface area (Å²) in [6.07, 6.45) is 5.44. The molecule has 0 fully saturated rings. The van der Waals surface area contributed by atoms with Gasteiger partial charge in [0, 0.05) is 49.6 Å². The maximum absolute atomic E-state index is 12.8. The SMILES string of the molecule is Cc1onc(-c2ccccc2)c1CN1CCc2nc(-c3cncnc3)[nH]c(=O)c2C1. The Bertz CT molecular complexity index is 1230. The fourth-order valence-electron chi connectivity index (χ4n) is 3.80. The van der Waals surface area contributed by atoms with Crippen LogP contribution in [-0.2, 0) is 19.5 Å². The highest BCUT2D eigenvalue weighted by Crippen LogP contribution is 2.28. The van der Waals surface area contributed by atoms with Gasteiger partial charge < -0.3 is 9.51 Å². The Morgan fingerprint density at radius 3 is 2.73 bits per heavy atom. The van der Waals surface area contributed by atoms with E-state index in [0.29, 0.717) is 36.5 Å². The molecule has 150 valence electrons. The molecule has 8 heteroatoms. The largest absolute Gasteiger partial charge is 0.361 e. The van der Waals surface area contributed by atoms with Crippen LogP contribution in [0.1, 0.15) is 22.6 Å². The number of nitrogens with zero attached hydrogens (tertiary/aromatic N) is 5. The molecule has 0 aliphatic carbocycles. The molecule has 4 heterocycles. The van der Waals surface area contributed by atoms with Crippen LogP contribution in [0.15, 0.2) is 58.4 Å². The number of H-pyrrole nitrogens is 1. The van der Waals surface area contributed by atoms with Gasteiger partial charge in [-0.15, -0.1) is 0 Å². The van der Waals surface area contributed by atoms with Gasteiger partial charge in [-0.2, -0.15) is 0 Å². The number of hydrogen-bond acceptors (Lipinski definition) is 7. The first-order valence-corrected chi connectivity index (χ1v) is 9.79. The number of fused-ring (bicyclic) bond motifs is 1. The third-order valence-electron chi connectivity index (χ3n) is 5.40. The monoisotopic (exact) mass is 400 g/mol. The van der Waals surface area contributed by atoms with Crippen molar-refractivity contribution in [2.75, 3.05) is 6.54 Å². The molecule has 0 amide bonds. The fraction of sp³-hybridized carbons (Fsp3) is 0.227. The maximum atomic E-state index is 12.8. The minimum atomic E-state index is -0.117. The summed E-state index contributed by atoms with van der Waals surface area (Å²) in [5.74, 6) is 1.31. The highest BCUT2D eigenvalue weighted by Gasteiger charge is 2.24. The smallest absolute Gasteiger partial charge is 0.255 e. The highest BCUT2D eigenvalue weighted by atomic mass is 16.5. The van der Waals surface area contributed by atoms with Crippen LogP contribution >= 0.6 is 0 Å².